The minimum Gasteiger partial charge on any atom is -0.480 e. The first-order chi connectivity index (χ1) is 7.52. The maximum atomic E-state index is 11.6. The quantitative estimate of drug-likeness (QED) is 0.665. The lowest BCUT2D eigenvalue weighted by Gasteiger charge is -2.18. The molecule has 1 unspecified atom stereocenters. The fraction of sp³-hybridized carbons (Fsp3) is 0.818. The van der Waals surface area contributed by atoms with Crippen molar-refractivity contribution in [3.8, 4) is 0 Å². The van der Waals surface area contributed by atoms with Crippen molar-refractivity contribution in [1.82, 2.24) is 4.90 Å². The number of carbonyl (C=O) groups excluding carboxylic acids is 1. The van der Waals surface area contributed by atoms with E-state index in [2.05, 4.69) is 0 Å². The van der Waals surface area contributed by atoms with Crippen LogP contribution >= 0.6 is 11.8 Å². The first kappa shape index (κ1) is 15.3. The van der Waals surface area contributed by atoms with Crippen LogP contribution in [0.3, 0.4) is 0 Å². The van der Waals surface area contributed by atoms with E-state index in [9.17, 15) is 9.59 Å². The average Bonchev–Trinajstić information content (AvgIpc) is 2.25. The number of amides is 1. The molecular weight excluding hydrogens is 226 g/mol. The molecule has 0 saturated heterocycles. The van der Waals surface area contributed by atoms with Crippen molar-refractivity contribution in [3.63, 3.8) is 0 Å². The molecule has 0 saturated carbocycles. The number of rotatable bonds is 8. The Morgan fingerprint density at radius 3 is 2.31 bits per heavy atom. The molecule has 0 rings (SSSR count). The third-order valence-corrected chi connectivity index (χ3v) is 3.59. The van der Waals surface area contributed by atoms with Crippen LogP contribution in [0.2, 0.25) is 0 Å². The van der Waals surface area contributed by atoms with E-state index >= 15 is 0 Å². The Bertz CT molecular complexity index is 229. The number of carbonyl (C=O) groups is 2. The molecule has 0 aromatic rings. The summed E-state index contributed by atoms with van der Waals surface area (Å²) in [6.45, 7) is 7.08. The molecule has 0 aliphatic heterocycles. The van der Waals surface area contributed by atoms with Crippen molar-refractivity contribution in [2.75, 3.05) is 18.8 Å². The van der Waals surface area contributed by atoms with Gasteiger partial charge in [-0.3, -0.25) is 9.59 Å². The molecule has 0 aliphatic rings. The smallest absolute Gasteiger partial charge is 0.316 e. The van der Waals surface area contributed by atoms with Gasteiger partial charge in [-0.1, -0.05) is 0 Å². The molecule has 1 N–H and O–H groups in total. The van der Waals surface area contributed by atoms with Crippen LogP contribution in [0.1, 0.15) is 33.6 Å². The van der Waals surface area contributed by atoms with Gasteiger partial charge in [0, 0.05) is 19.5 Å². The summed E-state index contributed by atoms with van der Waals surface area (Å²) >= 11 is 1.38. The molecule has 1 amide bonds. The van der Waals surface area contributed by atoms with Gasteiger partial charge in [-0.25, -0.2) is 0 Å². The molecule has 0 aromatic heterocycles. The Morgan fingerprint density at radius 2 is 1.88 bits per heavy atom. The van der Waals surface area contributed by atoms with Gasteiger partial charge in [0.1, 0.15) is 0 Å². The van der Waals surface area contributed by atoms with Gasteiger partial charge in [-0.05, 0) is 32.9 Å². The Kier molecular flexibility index (Phi) is 8.07. The summed E-state index contributed by atoms with van der Waals surface area (Å²) < 4.78 is 0. The summed E-state index contributed by atoms with van der Waals surface area (Å²) in [6.07, 6.45) is 1.26. The molecule has 0 fully saturated rings. The van der Waals surface area contributed by atoms with Crippen molar-refractivity contribution in [2.24, 2.45) is 0 Å². The van der Waals surface area contributed by atoms with Gasteiger partial charge in [0.25, 0.3) is 0 Å². The molecule has 16 heavy (non-hydrogen) atoms. The van der Waals surface area contributed by atoms with E-state index in [0.717, 1.165) is 25.3 Å². The summed E-state index contributed by atoms with van der Waals surface area (Å²) in [5.74, 6) is 0.0918. The lowest BCUT2D eigenvalue weighted by Crippen LogP contribution is -2.30. The minimum atomic E-state index is -0.792. The Hall–Kier alpha value is -0.710. The van der Waals surface area contributed by atoms with E-state index < -0.39 is 5.97 Å². The second-order valence-electron chi connectivity index (χ2n) is 3.52. The predicted molar refractivity (Wildman–Crippen MR) is 66.7 cm³/mol. The maximum absolute atomic E-state index is 11.6. The normalized spacial score (nSPS) is 12.2. The Balaban J connectivity index is 3.66. The maximum Gasteiger partial charge on any atom is 0.316 e. The molecule has 0 spiro atoms. The lowest BCUT2D eigenvalue weighted by atomic mass is 10.3. The number of thioether (sulfide) groups is 1. The number of aliphatic carboxylic acids is 1. The number of hydrogen-bond donors (Lipinski definition) is 1. The zero-order valence-electron chi connectivity index (χ0n) is 10.2. The van der Waals surface area contributed by atoms with Gasteiger partial charge >= 0.3 is 5.97 Å². The number of nitrogens with zero attached hydrogens (tertiary/aromatic N) is 1. The van der Waals surface area contributed by atoms with Gasteiger partial charge in [-0.15, -0.1) is 11.8 Å². The fourth-order valence-corrected chi connectivity index (χ4v) is 2.10. The summed E-state index contributed by atoms with van der Waals surface area (Å²) in [5.41, 5.74) is 0. The number of carboxylic acids is 1. The SMILES string of the molecule is CCN(CC)C(=O)CCCSC(C)C(=O)O. The second-order valence-corrected chi connectivity index (χ2v) is 4.97. The van der Waals surface area contributed by atoms with Crippen molar-refractivity contribution in [3.05, 3.63) is 0 Å². The van der Waals surface area contributed by atoms with Crippen LogP contribution < -0.4 is 0 Å². The van der Waals surface area contributed by atoms with E-state index in [1.807, 2.05) is 13.8 Å². The summed E-state index contributed by atoms with van der Waals surface area (Å²) in [5, 5.41) is 8.27. The van der Waals surface area contributed by atoms with Crippen molar-refractivity contribution in [2.45, 2.75) is 38.9 Å². The summed E-state index contributed by atoms with van der Waals surface area (Å²) in [4.78, 5) is 23.9. The number of carboxylic acid groups (broad SMARTS) is 1. The highest BCUT2D eigenvalue weighted by atomic mass is 32.2. The fourth-order valence-electron chi connectivity index (χ4n) is 1.29. The molecule has 0 heterocycles. The highest BCUT2D eigenvalue weighted by Gasteiger charge is 2.12. The predicted octanol–water partition coefficient (Wildman–Crippen LogP) is 1.84. The molecule has 0 aliphatic carbocycles. The first-order valence-corrected chi connectivity index (χ1v) is 6.69. The molecule has 5 heteroatoms. The molecule has 4 nitrogen and oxygen atoms in total. The van der Waals surface area contributed by atoms with Crippen LogP contribution in [0.15, 0.2) is 0 Å². The highest BCUT2D eigenvalue weighted by molar-refractivity contribution is 8.00. The van der Waals surface area contributed by atoms with Crippen LogP contribution in [-0.2, 0) is 9.59 Å². The van der Waals surface area contributed by atoms with Crippen LogP contribution in [0, 0.1) is 0 Å². The zero-order valence-corrected chi connectivity index (χ0v) is 11.0. The molecule has 0 radical (unpaired) electrons. The summed E-state index contributed by atoms with van der Waals surface area (Å²) in [7, 11) is 0. The molecule has 94 valence electrons. The zero-order chi connectivity index (χ0) is 12.6. The second kappa shape index (κ2) is 8.44. The van der Waals surface area contributed by atoms with E-state index in [-0.39, 0.29) is 11.2 Å². The van der Waals surface area contributed by atoms with Crippen molar-refractivity contribution >= 4 is 23.6 Å². The van der Waals surface area contributed by atoms with Crippen LogP contribution in [0.5, 0.6) is 0 Å². The monoisotopic (exact) mass is 247 g/mol. The molecule has 1 atom stereocenters. The van der Waals surface area contributed by atoms with Gasteiger partial charge in [-0.2, -0.15) is 0 Å². The van der Waals surface area contributed by atoms with Gasteiger partial charge in [0.15, 0.2) is 0 Å². The third kappa shape index (κ3) is 6.00. The van der Waals surface area contributed by atoms with Crippen molar-refractivity contribution < 1.29 is 14.7 Å². The lowest BCUT2D eigenvalue weighted by molar-refractivity contribution is -0.136. The van der Waals surface area contributed by atoms with Crippen LogP contribution in [-0.4, -0.2) is 46.0 Å². The van der Waals surface area contributed by atoms with E-state index in [1.165, 1.54) is 11.8 Å². The highest BCUT2D eigenvalue weighted by Crippen LogP contribution is 2.13. The van der Waals surface area contributed by atoms with E-state index in [4.69, 9.17) is 5.11 Å². The van der Waals surface area contributed by atoms with E-state index in [1.54, 1.807) is 11.8 Å². The standard InChI is InChI=1S/C11H21NO3S/c1-4-12(5-2)10(13)7-6-8-16-9(3)11(14)15/h9H,4-8H2,1-3H3,(H,14,15). The van der Waals surface area contributed by atoms with Gasteiger partial charge < -0.3 is 10.0 Å². The van der Waals surface area contributed by atoms with Crippen LogP contribution in [0.4, 0.5) is 0 Å². The number of hydrogen-bond acceptors (Lipinski definition) is 3. The largest absolute Gasteiger partial charge is 0.480 e. The first-order valence-electron chi connectivity index (χ1n) is 5.65. The summed E-state index contributed by atoms with van der Waals surface area (Å²) in [6, 6.07) is 0. The molecule has 0 bridgehead atoms. The molecule has 0 aromatic carbocycles. The Morgan fingerprint density at radius 1 is 1.31 bits per heavy atom. The minimum absolute atomic E-state index is 0.161. The van der Waals surface area contributed by atoms with Gasteiger partial charge in [0.2, 0.25) is 5.91 Å². The molecular formula is C11H21NO3S. The Labute approximate surface area is 101 Å². The van der Waals surface area contributed by atoms with E-state index in [0.29, 0.717) is 6.42 Å². The van der Waals surface area contributed by atoms with Crippen molar-refractivity contribution in [1.29, 1.82) is 0 Å². The van der Waals surface area contributed by atoms with Gasteiger partial charge in [0.05, 0.1) is 5.25 Å². The van der Waals surface area contributed by atoms with Crippen LogP contribution in [0.25, 0.3) is 0 Å². The average molecular weight is 247 g/mol. The topological polar surface area (TPSA) is 57.6 Å². The third-order valence-electron chi connectivity index (χ3n) is 2.37.